The van der Waals surface area contributed by atoms with E-state index >= 15 is 0 Å². The van der Waals surface area contributed by atoms with Gasteiger partial charge in [0.1, 0.15) is 35.3 Å². The van der Waals surface area contributed by atoms with Gasteiger partial charge in [-0.1, -0.05) is 0 Å². The molecule has 144 valence electrons. The maximum Gasteiger partial charge on any atom is 0.145 e. The van der Waals surface area contributed by atoms with Gasteiger partial charge in [0.2, 0.25) is 0 Å². The molecular weight excluding hydrogens is 360 g/mol. The third kappa shape index (κ3) is 2.67. The van der Waals surface area contributed by atoms with Gasteiger partial charge in [-0.05, 0) is 18.6 Å². The molecule has 1 fully saturated rings. The minimum absolute atomic E-state index is 0.215. The number of fused-ring (bicyclic) bond motifs is 2. The number of aromatic nitrogens is 5. The molecule has 4 N–H and O–H groups in total. The third-order valence-corrected chi connectivity index (χ3v) is 5.50. The van der Waals surface area contributed by atoms with Crippen LogP contribution in [0.5, 0.6) is 5.75 Å². The van der Waals surface area contributed by atoms with Crippen LogP contribution in [0.2, 0.25) is 0 Å². The summed E-state index contributed by atoms with van der Waals surface area (Å²) in [6.07, 6.45) is 7.42. The average molecular weight is 380 g/mol. The number of imidazole rings is 1. The molecule has 0 amide bonds. The first-order valence-corrected chi connectivity index (χ1v) is 9.10. The minimum Gasteiger partial charge on any atom is -0.493 e. The standard InChI is InChI=1S/C19H20N6O3/c20-18-13-2-5-25(19(13)23-10-22-18)14-7-11(16(26)17(14)27)9-28-12-1-4-24-6-3-21-15(24)8-12/h1-6,8,10-11,14,16-17,26-27H,7,9H2,(H2,20,22,23)/t11-,14-,16-,17+/m1/s1. The number of aliphatic hydroxyl groups is 2. The molecule has 1 saturated carbocycles. The van der Waals surface area contributed by atoms with Crippen molar-refractivity contribution in [2.75, 3.05) is 12.3 Å². The quantitative estimate of drug-likeness (QED) is 0.483. The highest BCUT2D eigenvalue weighted by molar-refractivity contribution is 5.86. The van der Waals surface area contributed by atoms with Crippen molar-refractivity contribution in [2.45, 2.75) is 24.7 Å². The molecule has 4 aromatic rings. The third-order valence-electron chi connectivity index (χ3n) is 5.50. The van der Waals surface area contributed by atoms with Crippen LogP contribution in [-0.4, -0.2) is 52.9 Å². The van der Waals surface area contributed by atoms with Crippen molar-refractivity contribution >= 4 is 22.5 Å². The molecule has 0 radical (unpaired) electrons. The Balaban J connectivity index is 1.35. The summed E-state index contributed by atoms with van der Waals surface area (Å²) < 4.78 is 9.63. The zero-order chi connectivity index (χ0) is 19.3. The van der Waals surface area contributed by atoms with Gasteiger partial charge in [0, 0.05) is 36.8 Å². The topological polar surface area (TPSA) is 124 Å². The van der Waals surface area contributed by atoms with Crippen LogP contribution in [0.3, 0.4) is 0 Å². The Bertz CT molecular complexity index is 1140. The molecule has 4 atom stereocenters. The summed E-state index contributed by atoms with van der Waals surface area (Å²) in [6, 6.07) is 5.20. The van der Waals surface area contributed by atoms with Gasteiger partial charge in [-0.3, -0.25) is 0 Å². The zero-order valence-corrected chi connectivity index (χ0v) is 15.0. The van der Waals surface area contributed by atoms with E-state index in [1.807, 2.05) is 45.8 Å². The van der Waals surface area contributed by atoms with Crippen molar-refractivity contribution in [1.82, 2.24) is 23.9 Å². The number of ether oxygens (including phenoxy) is 1. The summed E-state index contributed by atoms with van der Waals surface area (Å²) in [5, 5.41) is 21.9. The lowest BCUT2D eigenvalue weighted by Gasteiger charge is -2.19. The lowest BCUT2D eigenvalue weighted by atomic mass is 10.1. The van der Waals surface area contributed by atoms with E-state index in [1.165, 1.54) is 6.33 Å². The van der Waals surface area contributed by atoms with E-state index in [0.717, 1.165) is 11.0 Å². The molecule has 0 bridgehead atoms. The molecule has 28 heavy (non-hydrogen) atoms. The summed E-state index contributed by atoms with van der Waals surface area (Å²) in [6.45, 7) is 0.294. The Hall–Kier alpha value is -3.17. The van der Waals surface area contributed by atoms with E-state index in [9.17, 15) is 10.2 Å². The zero-order valence-electron chi connectivity index (χ0n) is 15.0. The van der Waals surface area contributed by atoms with Crippen LogP contribution >= 0.6 is 0 Å². The normalized spacial score (nSPS) is 24.9. The van der Waals surface area contributed by atoms with E-state index in [-0.39, 0.29) is 12.0 Å². The number of pyridine rings is 1. The molecule has 0 aliphatic heterocycles. The Labute approximate surface area is 160 Å². The Morgan fingerprint density at radius 3 is 2.89 bits per heavy atom. The second-order valence-electron chi connectivity index (χ2n) is 7.13. The average Bonchev–Trinajstić information content (AvgIpc) is 3.40. The highest BCUT2D eigenvalue weighted by Crippen LogP contribution is 2.38. The van der Waals surface area contributed by atoms with Gasteiger partial charge in [0.15, 0.2) is 0 Å². The van der Waals surface area contributed by atoms with Gasteiger partial charge in [-0.25, -0.2) is 15.0 Å². The second kappa shape index (κ2) is 6.47. The Kier molecular flexibility index (Phi) is 3.92. The van der Waals surface area contributed by atoms with Crippen LogP contribution < -0.4 is 10.5 Å². The van der Waals surface area contributed by atoms with Gasteiger partial charge in [-0.15, -0.1) is 0 Å². The number of nitrogen functional groups attached to an aromatic ring is 1. The Morgan fingerprint density at radius 2 is 2.00 bits per heavy atom. The monoisotopic (exact) mass is 380 g/mol. The summed E-state index contributed by atoms with van der Waals surface area (Å²) in [5.74, 6) is 0.856. The second-order valence-corrected chi connectivity index (χ2v) is 7.13. The van der Waals surface area contributed by atoms with Crippen LogP contribution in [0.4, 0.5) is 5.82 Å². The molecule has 1 aliphatic carbocycles. The number of rotatable bonds is 4. The molecule has 4 heterocycles. The lowest BCUT2D eigenvalue weighted by Crippen LogP contribution is -2.31. The van der Waals surface area contributed by atoms with Crippen LogP contribution in [0, 0.1) is 5.92 Å². The van der Waals surface area contributed by atoms with Crippen LogP contribution in [0.1, 0.15) is 12.5 Å². The van der Waals surface area contributed by atoms with Gasteiger partial charge in [-0.2, -0.15) is 0 Å². The van der Waals surface area contributed by atoms with E-state index in [2.05, 4.69) is 15.0 Å². The Morgan fingerprint density at radius 1 is 1.11 bits per heavy atom. The fourth-order valence-corrected chi connectivity index (χ4v) is 3.98. The van der Waals surface area contributed by atoms with Crippen molar-refractivity contribution in [2.24, 2.45) is 5.92 Å². The van der Waals surface area contributed by atoms with Crippen LogP contribution in [0.15, 0.2) is 49.3 Å². The van der Waals surface area contributed by atoms with Gasteiger partial charge in [0.25, 0.3) is 0 Å². The highest BCUT2D eigenvalue weighted by Gasteiger charge is 2.43. The molecule has 0 aromatic carbocycles. The van der Waals surface area contributed by atoms with E-state index in [1.54, 1.807) is 6.20 Å². The molecule has 9 heteroatoms. The number of hydrogen-bond donors (Lipinski definition) is 3. The van der Waals surface area contributed by atoms with Crippen molar-refractivity contribution in [3.8, 4) is 5.75 Å². The fourth-order valence-electron chi connectivity index (χ4n) is 3.98. The van der Waals surface area contributed by atoms with Crippen LogP contribution in [0.25, 0.3) is 16.7 Å². The number of hydrogen-bond acceptors (Lipinski definition) is 7. The maximum absolute atomic E-state index is 10.6. The highest BCUT2D eigenvalue weighted by atomic mass is 16.5. The SMILES string of the molecule is Nc1ncnc2c1ccn2[C@@H]1C[C@H](COc2ccn3ccnc3c2)[C@@H](O)[C@H]1O. The predicted molar refractivity (Wildman–Crippen MR) is 102 cm³/mol. The first-order valence-electron chi connectivity index (χ1n) is 9.10. The molecule has 0 saturated heterocycles. The van der Waals surface area contributed by atoms with Gasteiger partial charge in [0.05, 0.1) is 24.1 Å². The fraction of sp³-hybridized carbons (Fsp3) is 0.316. The van der Waals surface area contributed by atoms with Crippen molar-refractivity contribution in [1.29, 1.82) is 0 Å². The van der Waals surface area contributed by atoms with Crippen molar-refractivity contribution in [3.63, 3.8) is 0 Å². The molecule has 4 aromatic heterocycles. The predicted octanol–water partition coefficient (Wildman–Crippen LogP) is 1.02. The largest absolute Gasteiger partial charge is 0.493 e. The van der Waals surface area contributed by atoms with E-state index in [4.69, 9.17) is 10.5 Å². The minimum atomic E-state index is -0.921. The number of nitrogens with zero attached hydrogens (tertiary/aromatic N) is 5. The van der Waals surface area contributed by atoms with Crippen molar-refractivity contribution in [3.05, 3.63) is 49.3 Å². The molecule has 0 spiro atoms. The summed E-state index contributed by atoms with van der Waals surface area (Å²) in [5.41, 5.74) is 7.34. The number of anilines is 1. The summed E-state index contributed by atoms with van der Waals surface area (Å²) in [4.78, 5) is 12.5. The van der Waals surface area contributed by atoms with E-state index < -0.39 is 12.2 Å². The van der Waals surface area contributed by atoms with Crippen molar-refractivity contribution < 1.29 is 14.9 Å². The molecule has 1 aliphatic rings. The first-order chi connectivity index (χ1) is 13.6. The van der Waals surface area contributed by atoms with Crippen LogP contribution in [-0.2, 0) is 0 Å². The lowest BCUT2D eigenvalue weighted by molar-refractivity contribution is -0.00142. The molecular formula is C19H20N6O3. The molecule has 9 nitrogen and oxygen atoms in total. The summed E-state index contributed by atoms with van der Waals surface area (Å²) in [7, 11) is 0. The van der Waals surface area contributed by atoms with Gasteiger partial charge >= 0.3 is 0 Å². The first kappa shape index (κ1) is 17.0. The molecule has 5 rings (SSSR count). The van der Waals surface area contributed by atoms with Gasteiger partial charge < -0.3 is 29.7 Å². The molecule has 0 unspecified atom stereocenters. The summed E-state index contributed by atoms with van der Waals surface area (Å²) >= 11 is 0. The smallest absolute Gasteiger partial charge is 0.145 e. The van der Waals surface area contributed by atoms with E-state index in [0.29, 0.717) is 30.2 Å². The number of nitrogens with two attached hydrogens (primary N) is 1. The maximum atomic E-state index is 10.6. The number of aliphatic hydroxyl groups excluding tert-OH is 2.